The molecule has 34 heavy (non-hydrogen) atoms. The molecular weight excluding hydrogens is 477 g/mol. The maximum absolute atomic E-state index is 13.3. The molecule has 0 radical (unpaired) electrons. The Morgan fingerprint density at radius 2 is 1.94 bits per heavy atom. The molecule has 2 aromatic carbocycles. The average molecular weight is 500 g/mol. The van der Waals surface area contributed by atoms with Crippen LogP contribution in [0, 0.1) is 12.7 Å². The van der Waals surface area contributed by atoms with E-state index in [1.165, 1.54) is 19.2 Å². The summed E-state index contributed by atoms with van der Waals surface area (Å²) in [6, 6.07) is 11.3. The molecular formula is C24H23ClFN5O2S. The fourth-order valence-electron chi connectivity index (χ4n) is 4.15. The molecule has 0 bridgehead atoms. The SMILES string of the molecule is COc1cc(Cl)ccc1C(=O)NC1CCN(c2nc3c(s2)c(C)nn3-c2ccc(F)cc2)CC1. The number of anilines is 1. The van der Waals surface area contributed by atoms with Crippen molar-refractivity contribution in [2.75, 3.05) is 25.1 Å². The normalized spacial score (nSPS) is 14.5. The van der Waals surface area contributed by atoms with E-state index in [2.05, 4.69) is 15.3 Å². The van der Waals surface area contributed by atoms with Gasteiger partial charge in [0, 0.05) is 24.2 Å². The first kappa shape index (κ1) is 22.6. The highest BCUT2D eigenvalue weighted by molar-refractivity contribution is 7.22. The molecule has 176 valence electrons. The van der Waals surface area contributed by atoms with Crippen LogP contribution in [0.5, 0.6) is 5.75 Å². The number of carbonyl (C=O) groups is 1. The number of amides is 1. The van der Waals surface area contributed by atoms with Crippen molar-refractivity contribution in [1.29, 1.82) is 0 Å². The van der Waals surface area contributed by atoms with E-state index >= 15 is 0 Å². The number of hydrogen-bond acceptors (Lipinski definition) is 6. The molecule has 1 fully saturated rings. The molecule has 1 N–H and O–H groups in total. The zero-order chi connectivity index (χ0) is 23.8. The lowest BCUT2D eigenvalue weighted by Crippen LogP contribution is -2.44. The third-order valence-corrected chi connectivity index (χ3v) is 7.41. The van der Waals surface area contributed by atoms with Crippen molar-refractivity contribution in [2.24, 2.45) is 0 Å². The fourth-order valence-corrected chi connectivity index (χ4v) is 5.35. The van der Waals surface area contributed by atoms with Gasteiger partial charge in [-0.1, -0.05) is 22.9 Å². The van der Waals surface area contributed by atoms with Crippen molar-refractivity contribution in [3.63, 3.8) is 0 Å². The predicted octanol–water partition coefficient (Wildman–Crippen LogP) is 4.99. The lowest BCUT2D eigenvalue weighted by atomic mass is 10.0. The largest absolute Gasteiger partial charge is 0.496 e. The molecule has 1 saturated heterocycles. The van der Waals surface area contributed by atoms with Gasteiger partial charge >= 0.3 is 0 Å². The summed E-state index contributed by atoms with van der Waals surface area (Å²) in [6.45, 7) is 3.51. The van der Waals surface area contributed by atoms with Crippen molar-refractivity contribution in [1.82, 2.24) is 20.1 Å². The minimum absolute atomic E-state index is 0.0648. The van der Waals surface area contributed by atoms with Gasteiger partial charge in [0.2, 0.25) is 0 Å². The lowest BCUT2D eigenvalue weighted by molar-refractivity contribution is 0.0928. The molecule has 4 aromatic rings. The summed E-state index contributed by atoms with van der Waals surface area (Å²) in [4.78, 5) is 19.9. The number of rotatable bonds is 5. The molecule has 1 aliphatic heterocycles. The molecule has 1 aliphatic rings. The first-order valence-electron chi connectivity index (χ1n) is 10.9. The van der Waals surface area contributed by atoms with Gasteiger partial charge in [0.1, 0.15) is 11.6 Å². The number of fused-ring (bicyclic) bond motifs is 1. The molecule has 0 unspecified atom stereocenters. The van der Waals surface area contributed by atoms with Crippen LogP contribution in [0.25, 0.3) is 16.0 Å². The Kier molecular flexibility index (Phi) is 6.14. The molecule has 0 atom stereocenters. The van der Waals surface area contributed by atoms with Crippen LogP contribution in [0.1, 0.15) is 28.9 Å². The lowest BCUT2D eigenvalue weighted by Gasteiger charge is -2.32. The monoisotopic (exact) mass is 499 g/mol. The van der Waals surface area contributed by atoms with Gasteiger partial charge in [-0.05, 0) is 62.2 Å². The van der Waals surface area contributed by atoms with Gasteiger partial charge in [-0.2, -0.15) is 10.1 Å². The number of hydrogen-bond donors (Lipinski definition) is 1. The maximum atomic E-state index is 13.3. The van der Waals surface area contributed by atoms with Crippen molar-refractivity contribution in [3.05, 3.63) is 64.6 Å². The highest BCUT2D eigenvalue weighted by Gasteiger charge is 2.25. The molecule has 0 spiro atoms. The van der Waals surface area contributed by atoms with Crippen molar-refractivity contribution in [3.8, 4) is 11.4 Å². The van der Waals surface area contributed by atoms with Crippen LogP contribution in [-0.4, -0.2) is 46.9 Å². The fraction of sp³-hybridized carbons (Fsp3) is 0.292. The number of piperidine rings is 1. The van der Waals surface area contributed by atoms with Gasteiger partial charge in [0.05, 0.1) is 28.8 Å². The summed E-state index contributed by atoms with van der Waals surface area (Å²) >= 11 is 7.61. The Labute approximate surface area is 205 Å². The third-order valence-electron chi connectivity index (χ3n) is 5.96. The van der Waals surface area contributed by atoms with Gasteiger partial charge in [-0.25, -0.2) is 9.07 Å². The Hall–Kier alpha value is -3.17. The van der Waals surface area contributed by atoms with Crippen molar-refractivity contribution in [2.45, 2.75) is 25.8 Å². The van der Waals surface area contributed by atoms with Gasteiger partial charge in [-0.3, -0.25) is 4.79 Å². The zero-order valence-electron chi connectivity index (χ0n) is 18.7. The van der Waals surface area contributed by atoms with Crippen LogP contribution in [0.3, 0.4) is 0 Å². The van der Waals surface area contributed by atoms with Crippen molar-refractivity contribution >= 4 is 44.3 Å². The highest BCUT2D eigenvalue weighted by atomic mass is 35.5. The van der Waals surface area contributed by atoms with Gasteiger partial charge in [-0.15, -0.1) is 0 Å². The Morgan fingerprint density at radius 3 is 2.65 bits per heavy atom. The number of nitrogens with zero attached hydrogens (tertiary/aromatic N) is 4. The summed E-state index contributed by atoms with van der Waals surface area (Å²) < 4.78 is 21.4. The molecule has 10 heteroatoms. The highest BCUT2D eigenvalue weighted by Crippen LogP contribution is 2.34. The molecule has 3 heterocycles. The number of ether oxygens (including phenoxy) is 1. The van der Waals surface area contributed by atoms with Crippen LogP contribution in [0.15, 0.2) is 42.5 Å². The van der Waals surface area contributed by atoms with Crippen LogP contribution in [0.2, 0.25) is 5.02 Å². The first-order chi connectivity index (χ1) is 16.4. The number of aromatic nitrogens is 3. The van der Waals surface area contributed by atoms with E-state index in [-0.39, 0.29) is 17.8 Å². The molecule has 7 nitrogen and oxygen atoms in total. The molecule has 0 aliphatic carbocycles. The predicted molar refractivity (Wildman–Crippen MR) is 132 cm³/mol. The number of carbonyl (C=O) groups excluding carboxylic acids is 1. The van der Waals surface area contributed by atoms with Crippen LogP contribution >= 0.6 is 22.9 Å². The van der Waals surface area contributed by atoms with Gasteiger partial charge in [0.25, 0.3) is 5.91 Å². The minimum atomic E-state index is -0.285. The van der Waals surface area contributed by atoms with Crippen LogP contribution in [0.4, 0.5) is 9.52 Å². The van der Waals surface area contributed by atoms with Crippen molar-refractivity contribution < 1.29 is 13.9 Å². The number of aryl methyl sites for hydroxylation is 1. The molecule has 5 rings (SSSR count). The third kappa shape index (κ3) is 4.33. The van der Waals surface area contributed by atoms with E-state index in [4.69, 9.17) is 21.3 Å². The molecule has 0 saturated carbocycles. The number of methoxy groups -OCH3 is 1. The van der Waals surface area contributed by atoms with Crippen LogP contribution in [-0.2, 0) is 0 Å². The topological polar surface area (TPSA) is 72.3 Å². The van der Waals surface area contributed by atoms with Gasteiger partial charge in [0.15, 0.2) is 10.8 Å². The zero-order valence-corrected chi connectivity index (χ0v) is 20.3. The van der Waals surface area contributed by atoms with E-state index in [0.29, 0.717) is 16.3 Å². The average Bonchev–Trinajstić information content (AvgIpc) is 3.40. The summed E-state index contributed by atoms with van der Waals surface area (Å²) in [6.07, 6.45) is 1.61. The van der Waals surface area contributed by atoms with E-state index in [1.807, 2.05) is 6.92 Å². The Morgan fingerprint density at radius 1 is 1.21 bits per heavy atom. The quantitative estimate of drug-likeness (QED) is 0.419. The Bertz CT molecular complexity index is 1350. The van der Waals surface area contributed by atoms with E-state index in [9.17, 15) is 9.18 Å². The first-order valence-corrected chi connectivity index (χ1v) is 12.1. The summed E-state index contributed by atoms with van der Waals surface area (Å²) in [5, 5.41) is 9.15. The van der Waals surface area contributed by atoms with E-state index in [0.717, 1.165) is 52.8 Å². The smallest absolute Gasteiger partial charge is 0.255 e. The minimum Gasteiger partial charge on any atom is -0.496 e. The second kappa shape index (κ2) is 9.23. The number of benzene rings is 2. The summed E-state index contributed by atoms with van der Waals surface area (Å²) in [5.74, 6) is 0.0109. The molecule has 1 amide bonds. The Balaban J connectivity index is 1.28. The maximum Gasteiger partial charge on any atom is 0.255 e. The standard InChI is InChI=1S/C24H23ClFN5O2S/c1-14-21-22(31(29-14)18-6-4-16(26)5-7-18)28-24(34-21)30-11-9-17(10-12-30)27-23(32)19-8-3-15(25)13-20(19)33-2/h3-8,13,17H,9-12H2,1-2H3,(H,27,32). The number of thiazole rings is 1. The van der Waals surface area contributed by atoms with E-state index in [1.54, 1.807) is 46.4 Å². The number of nitrogens with one attached hydrogen (secondary N) is 1. The van der Waals surface area contributed by atoms with Gasteiger partial charge < -0.3 is 15.0 Å². The second-order valence-corrected chi connectivity index (χ2v) is 9.62. The summed E-state index contributed by atoms with van der Waals surface area (Å²) in [5.41, 5.74) is 2.91. The molecule has 2 aromatic heterocycles. The second-order valence-electron chi connectivity index (χ2n) is 8.20. The van der Waals surface area contributed by atoms with E-state index < -0.39 is 0 Å². The summed E-state index contributed by atoms with van der Waals surface area (Å²) in [7, 11) is 1.52. The van der Waals surface area contributed by atoms with Crippen LogP contribution < -0.4 is 15.0 Å². The number of halogens is 2.